The van der Waals surface area contributed by atoms with Crippen molar-refractivity contribution in [2.24, 2.45) is 0 Å². The summed E-state index contributed by atoms with van der Waals surface area (Å²) in [5.74, 6) is 1.14. The van der Waals surface area contributed by atoms with Crippen molar-refractivity contribution < 1.29 is 8.81 Å². The lowest BCUT2D eigenvalue weighted by Crippen LogP contribution is -1.81. The fraction of sp³-hybridized carbons (Fsp3) is 0.273. The van der Waals surface area contributed by atoms with Crippen LogP contribution in [0.1, 0.15) is 24.7 Å². The smallest absolute Gasteiger partial charge is 0.247 e. The molecule has 0 amide bonds. The van der Waals surface area contributed by atoms with Crippen molar-refractivity contribution >= 4 is 15.9 Å². The Morgan fingerprint density at radius 1 is 1.31 bits per heavy atom. The number of hydrogen-bond donors (Lipinski definition) is 0. The van der Waals surface area contributed by atoms with Gasteiger partial charge in [-0.3, -0.25) is 0 Å². The van der Waals surface area contributed by atoms with E-state index in [0.29, 0.717) is 27.7 Å². The van der Waals surface area contributed by atoms with Crippen LogP contribution in [0.4, 0.5) is 4.39 Å². The maximum Gasteiger partial charge on any atom is 0.247 e. The fourth-order valence-corrected chi connectivity index (χ4v) is 1.72. The molecule has 3 rings (SSSR count). The van der Waals surface area contributed by atoms with Gasteiger partial charge in [0.1, 0.15) is 5.82 Å². The Labute approximate surface area is 99.8 Å². The topological polar surface area (TPSA) is 38.9 Å². The van der Waals surface area contributed by atoms with Gasteiger partial charge in [0.05, 0.1) is 4.47 Å². The molecular formula is C11H8BrFN2O. The minimum Gasteiger partial charge on any atom is -0.420 e. The van der Waals surface area contributed by atoms with Crippen molar-refractivity contribution in [1.29, 1.82) is 0 Å². The molecule has 1 aliphatic carbocycles. The van der Waals surface area contributed by atoms with Crippen LogP contribution in [-0.2, 0) is 0 Å². The quantitative estimate of drug-likeness (QED) is 0.846. The van der Waals surface area contributed by atoms with Crippen molar-refractivity contribution in [3.8, 4) is 11.5 Å². The van der Waals surface area contributed by atoms with E-state index in [1.807, 2.05) is 0 Å². The molecule has 0 atom stereocenters. The predicted octanol–water partition coefficient (Wildman–Crippen LogP) is 3.52. The molecule has 0 aliphatic heterocycles. The lowest BCUT2D eigenvalue weighted by Gasteiger charge is -1.96. The first-order valence-electron chi connectivity index (χ1n) is 5.03. The van der Waals surface area contributed by atoms with Gasteiger partial charge in [0.25, 0.3) is 0 Å². The Balaban J connectivity index is 1.97. The SMILES string of the molecule is Fc1cc(-c2nnc(C3CC3)o2)ccc1Br. The minimum atomic E-state index is -0.330. The van der Waals surface area contributed by atoms with Crippen LogP contribution in [0.25, 0.3) is 11.5 Å². The Kier molecular flexibility index (Phi) is 2.28. The van der Waals surface area contributed by atoms with E-state index in [2.05, 4.69) is 26.1 Å². The standard InChI is InChI=1S/C11H8BrFN2O/c12-8-4-3-7(5-9(8)13)11-15-14-10(16-11)6-1-2-6/h3-6H,1-2H2. The summed E-state index contributed by atoms with van der Waals surface area (Å²) in [7, 11) is 0. The Morgan fingerprint density at radius 3 is 2.81 bits per heavy atom. The third-order valence-electron chi connectivity index (χ3n) is 2.53. The van der Waals surface area contributed by atoms with E-state index in [0.717, 1.165) is 12.8 Å². The normalized spacial score (nSPS) is 15.4. The second-order valence-corrected chi connectivity index (χ2v) is 4.70. The summed E-state index contributed by atoms with van der Waals surface area (Å²) in [6, 6.07) is 4.76. The van der Waals surface area contributed by atoms with Gasteiger partial charge in [-0.15, -0.1) is 10.2 Å². The molecule has 0 spiro atoms. The molecule has 0 N–H and O–H groups in total. The molecule has 1 aromatic carbocycles. The molecule has 0 bridgehead atoms. The molecule has 1 heterocycles. The summed E-state index contributed by atoms with van der Waals surface area (Å²) in [4.78, 5) is 0. The van der Waals surface area contributed by atoms with Crippen LogP contribution in [-0.4, -0.2) is 10.2 Å². The van der Waals surface area contributed by atoms with Crippen LogP contribution in [0.2, 0.25) is 0 Å². The zero-order valence-electron chi connectivity index (χ0n) is 8.28. The maximum atomic E-state index is 13.3. The highest BCUT2D eigenvalue weighted by atomic mass is 79.9. The van der Waals surface area contributed by atoms with Crippen molar-refractivity contribution in [3.05, 3.63) is 34.4 Å². The molecule has 0 radical (unpaired) electrons. The van der Waals surface area contributed by atoms with E-state index in [1.54, 1.807) is 12.1 Å². The third-order valence-corrected chi connectivity index (χ3v) is 3.18. The number of halogens is 2. The molecule has 5 heteroatoms. The molecule has 1 aliphatic rings. The van der Waals surface area contributed by atoms with Crippen molar-refractivity contribution in [2.45, 2.75) is 18.8 Å². The molecule has 2 aromatic rings. The minimum absolute atomic E-state index is 0.330. The molecule has 1 fully saturated rings. The zero-order valence-corrected chi connectivity index (χ0v) is 9.87. The highest BCUT2D eigenvalue weighted by Gasteiger charge is 2.29. The maximum absolute atomic E-state index is 13.3. The molecule has 0 saturated heterocycles. The van der Waals surface area contributed by atoms with Crippen molar-refractivity contribution in [1.82, 2.24) is 10.2 Å². The van der Waals surface area contributed by atoms with Crippen LogP contribution >= 0.6 is 15.9 Å². The first kappa shape index (κ1) is 9.96. The predicted molar refractivity (Wildman–Crippen MR) is 59.4 cm³/mol. The van der Waals surface area contributed by atoms with E-state index < -0.39 is 0 Å². The second-order valence-electron chi connectivity index (χ2n) is 3.85. The highest BCUT2D eigenvalue weighted by molar-refractivity contribution is 9.10. The summed E-state index contributed by atoms with van der Waals surface area (Å²) in [6.45, 7) is 0. The van der Waals surface area contributed by atoms with Crippen LogP contribution in [0.3, 0.4) is 0 Å². The number of nitrogens with zero attached hydrogens (tertiary/aromatic N) is 2. The van der Waals surface area contributed by atoms with E-state index in [4.69, 9.17) is 4.42 Å². The summed E-state index contributed by atoms with van der Waals surface area (Å²) in [5, 5.41) is 7.88. The largest absolute Gasteiger partial charge is 0.420 e. The van der Waals surface area contributed by atoms with Crippen molar-refractivity contribution in [3.63, 3.8) is 0 Å². The monoisotopic (exact) mass is 282 g/mol. The van der Waals surface area contributed by atoms with Crippen LogP contribution in [0.5, 0.6) is 0 Å². The van der Waals surface area contributed by atoms with E-state index in [9.17, 15) is 4.39 Å². The molecule has 1 saturated carbocycles. The van der Waals surface area contributed by atoms with Gasteiger partial charge in [0.15, 0.2) is 0 Å². The summed E-state index contributed by atoms with van der Waals surface area (Å²) in [5.41, 5.74) is 0.611. The fourth-order valence-electron chi connectivity index (χ4n) is 1.48. The summed E-state index contributed by atoms with van der Waals surface area (Å²) < 4.78 is 19.2. The van der Waals surface area contributed by atoms with Crippen LogP contribution in [0, 0.1) is 5.82 Å². The summed E-state index contributed by atoms with van der Waals surface area (Å²) in [6.07, 6.45) is 2.21. The number of aromatic nitrogens is 2. The van der Waals surface area contributed by atoms with Crippen LogP contribution < -0.4 is 0 Å². The van der Waals surface area contributed by atoms with E-state index in [-0.39, 0.29) is 5.82 Å². The van der Waals surface area contributed by atoms with Gasteiger partial charge in [-0.1, -0.05) is 0 Å². The van der Waals surface area contributed by atoms with Gasteiger partial charge in [-0.05, 0) is 47.0 Å². The molecule has 82 valence electrons. The average molecular weight is 283 g/mol. The van der Waals surface area contributed by atoms with Crippen molar-refractivity contribution in [2.75, 3.05) is 0 Å². The van der Waals surface area contributed by atoms with Gasteiger partial charge in [-0.2, -0.15) is 0 Å². The highest BCUT2D eigenvalue weighted by Crippen LogP contribution is 2.40. The zero-order chi connectivity index (χ0) is 11.1. The van der Waals surface area contributed by atoms with E-state index >= 15 is 0 Å². The number of hydrogen-bond acceptors (Lipinski definition) is 3. The Morgan fingerprint density at radius 2 is 2.12 bits per heavy atom. The van der Waals surface area contributed by atoms with Gasteiger partial charge in [0, 0.05) is 11.5 Å². The summed E-state index contributed by atoms with van der Waals surface area (Å²) >= 11 is 3.10. The van der Waals surface area contributed by atoms with Crippen LogP contribution in [0.15, 0.2) is 27.1 Å². The van der Waals surface area contributed by atoms with Gasteiger partial charge < -0.3 is 4.42 Å². The second kappa shape index (κ2) is 3.66. The average Bonchev–Trinajstić information content (AvgIpc) is 3.01. The molecular weight excluding hydrogens is 275 g/mol. The molecule has 1 aromatic heterocycles. The number of benzene rings is 1. The lowest BCUT2D eigenvalue weighted by atomic mass is 10.2. The van der Waals surface area contributed by atoms with Gasteiger partial charge >= 0.3 is 0 Å². The molecule has 0 unspecified atom stereocenters. The van der Waals surface area contributed by atoms with Gasteiger partial charge in [-0.25, -0.2) is 4.39 Å². The van der Waals surface area contributed by atoms with E-state index in [1.165, 1.54) is 6.07 Å². The third kappa shape index (κ3) is 1.75. The lowest BCUT2D eigenvalue weighted by molar-refractivity contribution is 0.508. The number of rotatable bonds is 2. The molecule has 3 nitrogen and oxygen atoms in total. The Hall–Kier alpha value is -1.23. The Bertz CT molecular complexity index is 537. The first-order valence-corrected chi connectivity index (χ1v) is 5.82. The van der Waals surface area contributed by atoms with Gasteiger partial charge in [0.2, 0.25) is 11.8 Å². The molecule has 16 heavy (non-hydrogen) atoms. The first-order chi connectivity index (χ1) is 7.74.